The molecule has 1 aliphatic heterocycles. The number of allylic oxidation sites excluding steroid dienone is 6. The molecule has 65 heavy (non-hydrogen) atoms. The lowest BCUT2D eigenvalue weighted by molar-refractivity contribution is -0.298. The van der Waals surface area contributed by atoms with Gasteiger partial charge in [-0.3, -0.25) is 9.59 Å². The Morgan fingerprint density at radius 3 is 1.32 bits per heavy atom. The van der Waals surface area contributed by atoms with Crippen LogP contribution < -0.4 is 0 Å². The average Bonchev–Trinajstić information content (AvgIpc) is 3.29. The summed E-state index contributed by atoms with van der Waals surface area (Å²) >= 11 is 0. The molecular weight excluding hydrogens is 825 g/mol. The van der Waals surface area contributed by atoms with Gasteiger partial charge in [0.1, 0.15) is 24.9 Å². The van der Waals surface area contributed by atoms with Crippen molar-refractivity contribution >= 4 is 17.9 Å². The van der Waals surface area contributed by atoms with Gasteiger partial charge in [-0.1, -0.05) is 211 Å². The van der Waals surface area contributed by atoms with E-state index in [1.54, 1.807) is 0 Å². The Morgan fingerprint density at radius 1 is 0.477 bits per heavy atom. The molecule has 6 atom stereocenters. The summed E-state index contributed by atoms with van der Waals surface area (Å²) in [5.41, 5.74) is 0. The molecule has 1 fully saturated rings. The fraction of sp³-hybridized carbons (Fsp3) is 0.833. The summed E-state index contributed by atoms with van der Waals surface area (Å²) in [7, 11) is 0. The summed E-state index contributed by atoms with van der Waals surface area (Å²) in [6.45, 7) is 3.81. The van der Waals surface area contributed by atoms with Crippen LogP contribution in [0.4, 0.5) is 0 Å². The maximum absolute atomic E-state index is 12.8. The van der Waals surface area contributed by atoms with Crippen LogP contribution in [0.15, 0.2) is 36.5 Å². The molecule has 0 aromatic rings. The van der Waals surface area contributed by atoms with Gasteiger partial charge in [0.15, 0.2) is 18.5 Å². The number of aliphatic carboxylic acids is 1. The number of aliphatic hydroxyl groups is 3. The largest absolute Gasteiger partial charge is 0.479 e. The molecule has 4 N–H and O–H groups in total. The van der Waals surface area contributed by atoms with E-state index < -0.39 is 61.3 Å². The topological polar surface area (TPSA) is 169 Å². The highest BCUT2D eigenvalue weighted by Gasteiger charge is 2.47. The van der Waals surface area contributed by atoms with Crippen molar-refractivity contribution in [2.45, 2.75) is 275 Å². The first-order valence-corrected chi connectivity index (χ1v) is 26.5. The molecule has 0 radical (unpaired) electrons. The minimum absolute atomic E-state index is 0.183. The first-order valence-electron chi connectivity index (χ1n) is 26.5. The highest BCUT2D eigenvalue weighted by molar-refractivity contribution is 5.73. The van der Waals surface area contributed by atoms with Crippen LogP contribution in [0, 0.1) is 0 Å². The van der Waals surface area contributed by atoms with Crippen LogP contribution in [-0.4, -0.2) is 88.4 Å². The van der Waals surface area contributed by atoms with Gasteiger partial charge in [-0.2, -0.15) is 0 Å². The third kappa shape index (κ3) is 35.3. The van der Waals surface area contributed by atoms with Crippen LogP contribution in [0.2, 0.25) is 0 Å². The van der Waals surface area contributed by atoms with Crippen molar-refractivity contribution in [2.24, 2.45) is 0 Å². The third-order valence-corrected chi connectivity index (χ3v) is 12.2. The third-order valence-electron chi connectivity index (χ3n) is 12.2. The Balaban J connectivity index is 2.29. The summed E-state index contributed by atoms with van der Waals surface area (Å²) < 4.78 is 21.8. The van der Waals surface area contributed by atoms with Crippen LogP contribution >= 0.6 is 0 Å². The smallest absolute Gasteiger partial charge is 0.335 e. The summed E-state index contributed by atoms with van der Waals surface area (Å²) in [6.07, 6.45) is 43.3. The lowest BCUT2D eigenvalue weighted by Crippen LogP contribution is -2.60. The minimum atomic E-state index is -1.86. The van der Waals surface area contributed by atoms with E-state index in [0.717, 1.165) is 70.6 Å². The molecule has 6 unspecified atom stereocenters. The first kappa shape index (κ1) is 60.4. The van der Waals surface area contributed by atoms with Gasteiger partial charge in [-0.05, 0) is 51.4 Å². The van der Waals surface area contributed by atoms with E-state index in [1.807, 2.05) is 0 Å². The number of rotatable bonds is 45. The molecule has 1 aliphatic rings. The lowest BCUT2D eigenvalue weighted by Gasteiger charge is -2.38. The van der Waals surface area contributed by atoms with Crippen LogP contribution in [0.25, 0.3) is 0 Å². The van der Waals surface area contributed by atoms with E-state index in [-0.39, 0.29) is 19.4 Å². The van der Waals surface area contributed by atoms with Crippen molar-refractivity contribution in [2.75, 3.05) is 13.2 Å². The predicted octanol–water partition coefficient (Wildman–Crippen LogP) is 12.7. The Labute approximate surface area is 395 Å². The molecule has 378 valence electrons. The highest BCUT2D eigenvalue weighted by Crippen LogP contribution is 2.23. The maximum Gasteiger partial charge on any atom is 0.335 e. The molecule has 0 amide bonds. The predicted molar refractivity (Wildman–Crippen MR) is 261 cm³/mol. The molecule has 11 heteroatoms. The number of carbonyl (C=O) groups is 3. The maximum atomic E-state index is 12.8. The van der Waals surface area contributed by atoms with Crippen molar-refractivity contribution < 1.29 is 53.8 Å². The quantitative estimate of drug-likeness (QED) is 0.0260. The average molecular weight is 921 g/mol. The summed E-state index contributed by atoms with van der Waals surface area (Å²) in [4.78, 5) is 37.0. The molecule has 0 spiro atoms. The van der Waals surface area contributed by atoms with Gasteiger partial charge < -0.3 is 39.4 Å². The van der Waals surface area contributed by atoms with Gasteiger partial charge in [0, 0.05) is 12.8 Å². The van der Waals surface area contributed by atoms with Gasteiger partial charge in [-0.25, -0.2) is 4.79 Å². The van der Waals surface area contributed by atoms with Crippen LogP contribution in [0.3, 0.4) is 0 Å². The summed E-state index contributed by atoms with van der Waals surface area (Å²) in [5, 5.41) is 40.0. The number of hydrogen-bond donors (Lipinski definition) is 4. The van der Waals surface area contributed by atoms with Gasteiger partial charge in [0.2, 0.25) is 0 Å². The van der Waals surface area contributed by atoms with E-state index in [9.17, 15) is 34.8 Å². The van der Waals surface area contributed by atoms with Crippen molar-refractivity contribution in [1.82, 2.24) is 0 Å². The standard InChI is InChI=1S/C54H96O11/c1-3-5-7-9-11-13-15-17-19-21-23-25-27-29-31-33-35-37-39-41-43-48(56)64-46(45-63-54-51(59)49(57)50(58)52(65-54)53(60)61)44-62-47(55)42-40-38-36-34-32-30-28-26-24-22-20-18-16-14-12-10-8-6-4-2/h12,14,18,20,24,26,46,49-52,54,57-59H,3-11,13,15-17,19,21-23,25,27-45H2,1-2H3,(H,60,61)/b14-12-,20-18-,26-24-. The molecule has 1 rings (SSSR count). The molecule has 1 saturated heterocycles. The number of unbranched alkanes of at least 4 members (excludes halogenated alkanes) is 28. The van der Waals surface area contributed by atoms with Gasteiger partial charge >= 0.3 is 17.9 Å². The second-order valence-corrected chi connectivity index (χ2v) is 18.4. The molecule has 0 aliphatic carbocycles. The minimum Gasteiger partial charge on any atom is -0.479 e. The van der Waals surface area contributed by atoms with Crippen molar-refractivity contribution in [3.63, 3.8) is 0 Å². The SMILES string of the molecule is CCCCC/C=C\C/C=C\C/C=C\CCCCCCCCC(=O)OCC(COC1OC(C(=O)O)C(O)C(O)C1O)OC(=O)CCCCCCCCCCCCCCCCCCCCCC. The zero-order valence-corrected chi connectivity index (χ0v) is 41.2. The molecule has 0 aromatic heterocycles. The normalized spacial score (nSPS) is 19.4. The Morgan fingerprint density at radius 2 is 0.862 bits per heavy atom. The number of esters is 2. The zero-order valence-electron chi connectivity index (χ0n) is 41.2. The summed E-state index contributed by atoms with van der Waals surface area (Å²) in [5.74, 6) is -2.45. The first-order chi connectivity index (χ1) is 31.7. The van der Waals surface area contributed by atoms with Crippen molar-refractivity contribution in [3.8, 4) is 0 Å². The van der Waals surface area contributed by atoms with Gasteiger partial charge in [0.25, 0.3) is 0 Å². The number of hydrogen-bond acceptors (Lipinski definition) is 10. The molecule has 0 bridgehead atoms. The molecule has 0 saturated carbocycles. The fourth-order valence-corrected chi connectivity index (χ4v) is 8.06. The molecule has 0 aromatic carbocycles. The van der Waals surface area contributed by atoms with E-state index in [4.69, 9.17) is 18.9 Å². The second-order valence-electron chi connectivity index (χ2n) is 18.4. The fourth-order valence-electron chi connectivity index (χ4n) is 8.06. The molecule has 1 heterocycles. The summed E-state index contributed by atoms with van der Waals surface area (Å²) in [6, 6.07) is 0. The lowest BCUT2D eigenvalue weighted by atomic mass is 9.99. The molecular formula is C54H96O11. The monoisotopic (exact) mass is 921 g/mol. The highest BCUT2D eigenvalue weighted by atomic mass is 16.7. The number of carboxylic acid groups (broad SMARTS) is 1. The number of carboxylic acids is 1. The van der Waals surface area contributed by atoms with Gasteiger partial charge in [0.05, 0.1) is 6.61 Å². The van der Waals surface area contributed by atoms with Crippen molar-refractivity contribution in [1.29, 1.82) is 0 Å². The molecule has 11 nitrogen and oxygen atoms in total. The Kier molecular flexibility index (Phi) is 40.9. The van der Waals surface area contributed by atoms with E-state index in [0.29, 0.717) is 12.8 Å². The van der Waals surface area contributed by atoms with E-state index in [1.165, 1.54) is 128 Å². The zero-order chi connectivity index (χ0) is 47.4. The van der Waals surface area contributed by atoms with Crippen molar-refractivity contribution in [3.05, 3.63) is 36.5 Å². The number of aliphatic hydroxyl groups excluding tert-OH is 3. The van der Waals surface area contributed by atoms with Gasteiger partial charge in [-0.15, -0.1) is 0 Å². The van der Waals surface area contributed by atoms with Crippen LogP contribution in [0.1, 0.15) is 239 Å². The Hall–Kier alpha value is -2.57. The number of carbonyl (C=O) groups excluding carboxylic acids is 2. The van der Waals surface area contributed by atoms with E-state index in [2.05, 4.69) is 50.3 Å². The number of ether oxygens (including phenoxy) is 4. The van der Waals surface area contributed by atoms with E-state index >= 15 is 0 Å². The van der Waals surface area contributed by atoms with Crippen LogP contribution in [0.5, 0.6) is 0 Å². The Bertz CT molecular complexity index is 1220. The second kappa shape index (κ2) is 44.0. The van der Waals surface area contributed by atoms with Crippen LogP contribution in [-0.2, 0) is 33.3 Å².